The summed E-state index contributed by atoms with van der Waals surface area (Å²) in [4.78, 5) is 2.27. The van der Waals surface area contributed by atoms with Crippen molar-refractivity contribution in [3.05, 3.63) is 6.20 Å². The number of aromatic nitrogens is 2. The highest BCUT2D eigenvalue weighted by Gasteiger charge is 2.20. The van der Waals surface area contributed by atoms with Gasteiger partial charge in [0.25, 0.3) is 0 Å². The second kappa shape index (κ2) is 3.73. The quantitative estimate of drug-likeness (QED) is 0.752. The molecule has 0 aromatic carbocycles. The van der Waals surface area contributed by atoms with Crippen LogP contribution in [0.5, 0.6) is 0 Å². The summed E-state index contributed by atoms with van der Waals surface area (Å²) in [5.41, 5.74) is 6.67. The van der Waals surface area contributed by atoms with E-state index in [1.807, 2.05) is 25.0 Å². The van der Waals surface area contributed by atoms with Crippen LogP contribution in [-0.4, -0.2) is 33.9 Å². The van der Waals surface area contributed by atoms with Crippen molar-refractivity contribution in [2.45, 2.75) is 12.2 Å². The monoisotopic (exact) mass is 212 g/mol. The van der Waals surface area contributed by atoms with E-state index in [0.717, 1.165) is 30.3 Å². The van der Waals surface area contributed by atoms with Crippen LogP contribution in [0.4, 0.5) is 11.5 Å². The van der Waals surface area contributed by atoms with Gasteiger partial charge in [-0.1, -0.05) is 6.92 Å². The lowest BCUT2D eigenvalue weighted by Gasteiger charge is -2.30. The maximum Gasteiger partial charge on any atom is 0.173 e. The molecule has 0 amide bonds. The Bertz CT molecular complexity index is 323. The summed E-state index contributed by atoms with van der Waals surface area (Å²) < 4.78 is 1.77. The first kappa shape index (κ1) is 9.71. The zero-order valence-corrected chi connectivity index (χ0v) is 9.42. The number of aryl methyl sites for hydroxylation is 1. The molecule has 1 unspecified atom stereocenters. The highest BCUT2D eigenvalue weighted by atomic mass is 32.2. The lowest BCUT2D eigenvalue weighted by atomic mass is 10.3. The Morgan fingerprint density at radius 1 is 1.64 bits per heavy atom. The molecule has 1 aliphatic rings. The molecule has 1 saturated heterocycles. The number of hydrogen-bond acceptors (Lipinski definition) is 4. The van der Waals surface area contributed by atoms with Crippen molar-refractivity contribution in [3.63, 3.8) is 0 Å². The van der Waals surface area contributed by atoms with Crippen LogP contribution in [0.1, 0.15) is 6.92 Å². The summed E-state index contributed by atoms with van der Waals surface area (Å²) in [6.45, 7) is 4.35. The topological polar surface area (TPSA) is 47.1 Å². The normalized spacial score (nSPS) is 22.7. The van der Waals surface area contributed by atoms with E-state index in [0.29, 0.717) is 5.25 Å². The zero-order chi connectivity index (χ0) is 10.1. The number of rotatable bonds is 1. The molecular formula is C9H16N4S. The minimum Gasteiger partial charge on any atom is -0.394 e. The molecule has 0 saturated carbocycles. The number of thioether (sulfide) groups is 1. The number of nitrogens with zero attached hydrogens (tertiary/aromatic N) is 3. The van der Waals surface area contributed by atoms with Crippen LogP contribution >= 0.6 is 11.8 Å². The van der Waals surface area contributed by atoms with Gasteiger partial charge in [0.15, 0.2) is 5.82 Å². The van der Waals surface area contributed by atoms with E-state index < -0.39 is 0 Å². The molecule has 14 heavy (non-hydrogen) atoms. The van der Waals surface area contributed by atoms with Crippen molar-refractivity contribution < 1.29 is 0 Å². The third-order valence-electron chi connectivity index (χ3n) is 2.38. The molecule has 4 nitrogen and oxygen atoms in total. The molecule has 2 heterocycles. The molecule has 1 fully saturated rings. The van der Waals surface area contributed by atoms with Gasteiger partial charge >= 0.3 is 0 Å². The summed E-state index contributed by atoms with van der Waals surface area (Å²) >= 11 is 2.01. The lowest BCUT2D eigenvalue weighted by molar-refractivity contribution is 0.723. The van der Waals surface area contributed by atoms with Crippen molar-refractivity contribution in [1.82, 2.24) is 9.78 Å². The summed E-state index contributed by atoms with van der Waals surface area (Å²) in [6, 6.07) is 0. The van der Waals surface area contributed by atoms with Crippen molar-refractivity contribution in [2.24, 2.45) is 7.05 Å². The largest absolute Gasteiger partial charge is 0.394 e. The van der Waals surface area contributed by atoms with Gasteiger partial charge in [-0.2, -0.15) is 16.9 Å². The molecule has 0 radical (unpaired) electrons. The molecule has 0 spiro atoms. The lowest BCUT2D eigenvalue weighted by Crippen LogP contribution is -2.37. The highest BCUT2D eigenvalue weighted by molar-refractivity contribution is 8.00. The smallest absolute Gasteiger partial charge is 0.173 e. The molecule has 78 valence electrons. The van der Waals surface area contributed by atoms with E-state index in [4.69, 9.17) is 5.73 Å². The SMILES string of the molecule is CC1CN(c2nn(C)cc2N)CCS1. The van der Waals surface area contributed by atoms with Gasteiger partial charge in [0, 0.05) is 37.3 Å². The standard InChI is InChI=1S/C9H16N4S/c1-7-5-13(3-4-14-7)9-8(10)6-12(2)11-9/h6-7H,3-5,10H2,1-2H3. The number of hydrogen-bond donors (Lipinski definition) is 1. The maximum atomic E-state index is 5.89. The summed E-state index contributed by atoms with van der Waals surface area (Å²) in [7, 11) is 1.90. The minimum atomic E-state index is 0.671. The van der Waals surface area contributed by atoms with Gasteiger partial charge in [0.05, 0.1) is 5.69 Å². The van der Waals surface area contributed by atoms with Gasteiger partial charge in [-0.3, -0.25) is 4.68 Å². The highest BCUT2D eigenvalue weighted by Crippen LogP contribution is 2.26. The maximum absolute atomic E-state index is 5.89. The van der Waals surface area contributed by atoms with Crippen LogP contribution < -0.4 is 10.6 Å². The Morgan fingerprint density at radius 2 is 2.43 bits per heavy atom. The fourth-order valence-electron chi connectivity index (χ4n) is 1.75. The summed E-state index contributed by atoms with van der Waals surface area (Å²) in [6.07, 6.45) is 1.86. The molecule has 1 aliphatic heterocycles. The van der Waals surface area contributed by atoms with Crippen LogP contribution in [0.25, 0.3) is 0 Å². The first-order valence-electron chi connectivity index (χ1n) is 4.82. The predicted octanol–water partition coefficient (Wildman–Crippen LogP) is 0.944. The van der Waals surface area contributed by atoms with Crippen molar-refractivity contribution in [3.8, 4) is 0 Å². The van der Waals surface area contributed by atoms with E-state index in [1.54, 1.807) is 4.68 Å². The molecule has 1 aromatic rings. The molecule has 1 aromatic heterocycles. The van der Waals surface area contributed by atoms with Gasteiger partial charge in [0.1, 0.15) is 0 Å². The summed E-state index contributed by atoms with van der Waals surface area (Å²) in [5, 5.41) is 5.05. The Morgan fingerprint density at radius 3 is 3.00 bits per heavy atom. The average Bonchev–Trinajstić information content (AvgIpc) is 2.45. The fourth-order valence-corrected chi connectivity index (χ4v) is 2.77. The molecule has 2 N–H and O–H groups in total. The van der Waals surface area contributed by atoms with Gasteiger partial charge < -0.3 is 10.6 Å². The predicted molar refractivity (Wildman–Crippen MR) is 61.8 cm³/mol. The Kier molecular flexibility index (Phi) is 2.58. The molecule has 0 aliphatic carbocycles. The third-order valence-corrected chi connectivity index (χ3v) is 3.51. The minimum absolute atomic E-state index is 0.671. The van der Waals surface area contributed by atoms with E-state index in [2.05, 4.69) is 16.9 Å². The molecule has 1 atom stereocenters. The number of nitrogen functional groups attached to an aromatic ring is 1. The van der Waals surface area contributed by atoms with Gasteiger partial charge in [-0.25, -0.2) is 0 Å². The van der Waals surface area contributed by atoms with Crippen LogP contribution in [-0.2, 0) is 7.05 Å². The van der Waals surface area contributed by atoms with E-state index in [9.17, 15) is 0 Å². The summed E-state index contributed by atoms with van der Waals surface area (Å²) in [5.74, 6) is 2.11. The number of anilines is 2. The van der Waals surface area contributed by atoms with Crippen LogP contribution in [0, 0.1) is 0 Å². The first-order valence-corrected chi connectivity index (χ1v) is 5.87. The van der Waals surface area contributed by atoms with Crippen molar-refractivity contribution >= 4 is 23.3 Å². The number of nitrogens with two attached hydrogens (primary N) is 1. The molecular weight excluding hydrogens is 196 g/mol. The Labute approximate surface area is 88.4 Å². The van der Waals surface area contributed by atoms with Crippen LogP contribution in [0.3, 0.4) is 0 Å². The second-order valence-electron chi connectivity index (χ2n) is 3.71. The van der Waals surface area contributed by atoms with Gasteiger partial charge in [0.2, 0.25) is 0 Å². The van der Waals surface area contributed by atoms with Gasteiger partial charge in [-0.05, 0) is 0 Å². The molecule has 5 heteroatoms. The fraction of sp³-hybridized carbons (Fsp3) is 0.667. The Balaban J connectivity index is 2.17. The van der Waals surface area contributed by atoms with Crippen molar-refractivity contribution in [2.75, 3.05) is 29.5 Å². The van der Waals surface area contributed by atoms with Crippen molar-refractivity contribution in [1.29, 1.82) is 0 Å². The second-order valence-corrected chi connectivity index (χ2v) is 5.26. The van der Waals surface area contributed by atoms with Crippen LogP contribution in [0.15, 0.2) is 6.20 Å². The zero-order valence-electron chi connectivity index (χ0n) is 8.60. The molecule has 2 rings (SSSR count). The van der Waals surface area contributed by atoms with Crippen LogP contribution in [0.2, 0.25) is 0 Å². The first-order chi connectivity index (χ1) is 6.66. The van der Waals surface area contributed by atoms with Gasteiger partial charge in [-0.15, -0.1) is 0 Å². The van der Waals surface area contributed by atoms with E-state index in [-0.39, 0.29) is 0 Å². The van der Waals surface area contributed by atoms with E-state index >= 15 is 0 Å². The Hall–Kier alpha value is -0.840. The van der Waals surface area contributed by atoms with E-state index in [1.165, 1.54) is 0 Å². The molecule has 0 bridgehead atoms. The average molecular weight is 212 g/mol. The third kappa shape index (κ3) is 1.82.